The second kappa shape index (κ2) is 4.92. The number of thioether (sulfide) groups is 1. The molecule has 1 fully saturated rings. The fourth-order valence-electron chi connectivity index (χ4n) is 1.69. The fourth-order valence-corrected chi connectivity index (χ4v) is 3.45. The van der Waals surface area contributed by atoms with Crippen molar-refractivity contribution in [2.75, 3.05) is 35.2 Å². The van der Waals surface area contributed by atoms with Gasteiger partial charge in [-0.2, -0.15) is 16.1 Å². The monoisotopic (exact) mass is 258 g/mol. The number of carbonyl (C=O) groups is 1. The van der Waals surface area contributed by atoms with Gasteiger partial charge in [0.25, 0.3) is 5.91 Å². The molecule has 5 nitrogen and oxygen atoms in total. The van der Waals surface area contributed by atoms with Gasteiger partial charge in [-0.15, -0.1) is 0 Å². The molecular formula is C9H14N4OS2. The van der Waals surface area contributed by atoms with Crippen LogP contribution in [0.4, 0.5) is 10.8 Å². The van der Waals surface area contributed by atoms with E-state index in [9.17, 15) is 4.79 Å². The van der Waals surface area contributed by atoms with Gasteiger partial charge in [0.1, 0.15) is 10.6 Å². The van der Waals surface area contributed by atoms with Gasteiger partial charge >= 0.3 is 0 Å². The average Bonchev–Trinajstić information content (AvgIpc) is 2.50. The van der Waals surface area contributed by atoms with Crippen LogP contribution >= 0.6 is 23.3 Å². The van der Waals surface area contributed by atoms with Gasteiger partial charge in [0.05, 0.1) is 0 Å². The van der Waals surface area contributed by atoms with Crippen molar-refractivity contribution in [3.05, 3.63) is 5.56 Å². The van der Waals surface area contributed by atoms with Crippen molar-refractivity contribution in [2.24, 2.45) is 5.73 Å². The van der Waals surface area contributed by atoms with E-state index in [1.54, 1.807) is 0 Å². The van der Waals surface area contributed by atoms with E-state index < -0.39 is 5.91 Å². The number of aromatic nitrogens is 1. The van der Waals surface area contributed by atoms with Crippen LogP contribution in [0.5, 0.6) is 0 Å². The van der Waals surface area contributed by atoms with Crippen LogP contribution in [0, 0.1) is 0 Å². The van der Waals surface area contributed by atoms with Crippen molar-refractivity contribution in [3.8, 4) is 0 Å². The number of nitrogen functional groups attached to an aromatic ring is 1. The summed E-state index contributed by atoms with van der Waals surface area (Å²) in [6.07, 6.45) is 1.11. The summed E-state index contributed by atoms with van der Waals surface area (Å²) in [4.78, 5) is 13.5. The number of amides is 1. The molecule has 1 saturated heterocycles. The summed E-state index contributed by atoms with van der Waals surface area (Å²) >= 11 is 3.19. The van der Waals surface area contributed by atoms with Gasteiger partial charge in [0, 0.05) is 18.8 Å². The lowest BCUT2D eigenvalue weighted by molar-refractivity contribution is 0.100. The first kappa shape index (κ1) is 11.5. The summed E-state index contributed by atoms with van der Waals surface area (Å²) in [5.74, 6) is 2.00. The second-order valence-electron chi connectivity index (χ2n) is 3.57. The lowest BCUT2D eigenvalue weighted by Gasteiger charge is -2.20. The van der Waals surface area contributed by atoms with Crippen molar-refractivity contribution in [2.45, 2.75) is 6.42 Å². The molecule has 0 radical (unpaired) electrons. The van der Waals surface area contributed by atoms with Crippen molar-refractivity contribution in [1.29, 1.82) is 0 Å². The molecule has 16 heavy (non-hydrogen) atoms. The Balaban J connectivity index is 2.27. The zero-order valence-electron chi connectivity index (χ0n) is 8.81. The molecule has 2 heterocycles. The third-order valence-electron chi connectivity index (χ3n) is 2.46. The Labute approximate surface area is 102 Å². The van der Waals surface area contributed by atoms with E-state index in [1.165, 1.54) is 11.5 Å². The normalized spacial score (nSPS) is 17.1. The number of rotatable bonds is 2. The zero-order chi connectivity index (χ0) is 11.5. The molecule has 1 amide bonds. The summed E-state index contributed by atoms with van der Waals surface area (Å²) in [5, 5.41) is 0.826. The van der Waals surface area contributed by atoms with Gasteiger partial charge in [0.15, 0.2) is 5.82 Å². The Hall–Kier alpha value is -0.950. The van der Waals surface area contributed by atoms with Crippen LogP contribution in [-0.4, -0.2) is 34.9 Å². The Bertz CT molecular complexity index is 385. The van der Waals surface area contributed by atoms with E-state index in [1.807, 2.05) is 11.8 Å². The topological polar surface area (TPSA) is 85.2 Å². The molecule has 1 aromatic heterocycles. The van der Waals surface area contributed by atoms with E-state index in [0.29, 0.717) is 5.56 Å². The minimum Gasteiger partial charge on any atom is -0.382 e. The number of nitrogens with zero attached hydrogens (tertiary/aromatic N) is 2. The highest BCUT2D eigenvalue weighted by Crippen LogP contribution is 2.31. The third-order valence-corrected chi connectivity index (χ3v) is 4.43. The Morgan fingerprint density at radius 2 is 2.19 bits per heavy atom. The highest BCUT2D eigenvalue weighted by Gasteiger charge is 2.22. The van der Waals surface area contributed by atoms with Crippen LogP contribution in [0.2, 0.25) is 0 Å². The van der Waals surface area contributed by atoms with E-state index in [0.717, 1.165) is 36.0 Å². The van der Waals surface area contributed by atoms with Crippen molar-refractivity contribution in [1.82, 2.24) is 4.37 Å². The van der Waals surface area contributed by atoms with Crippen LogP contribution < -0.4 is 16.4 Å². The number of hydrogen-bond donors (Lipinski definition) is 2. The third kappa shape index (κ3) is 2.25. The molecule has 1 aromatic rings. The van der Waals surface area contributed by atoms with Gasteiger partial charge in [0.2, 0.25) is 0 Å². The smallest absolute Gasteiger partial charge is 0.255 e. The van der Waals surface area contributed by atoms with Gasteiger partial charge < -0.3 is 16.4 Å². The molecule has 1 aliphatic heterocycles. The molecule has 0 spiro atoms. The molecule has 0 saturated carbocycles. The first-order valence-corrected chi connectivity index (χ1v) is 7.00. The van der Waals surface area contributed by atoms with Crippen LogP contribution in [0.1, 0.15) is 16.8 Å². The SMILES string of the molecule is NC(=O)c1c(N)nsc1N1CCCSCC1. The van der Waals surface area contributed by atoms with Gasteiger partial charge in [-0.3, -0.25) is 4.79 Å². The standard InChI is InChI=1S/C9H14N4OS2/c10-7-6(8(11)14)9(16-12-7)13-2-1-4-15-5-3-13/h1-5H2,(H2,10,12)(H2,11,14). The predicted molar refractivity (Wildman–Crippen MR) is 69.2 cm³/mol. The van der Waals surface area contributed by atoms with E-state index in [2.05, 4.69) is 9.27 Å². The van der Waals surface area contributed by atoms with Gasteiger partial charge in [-0.25, -0.2) is 0 Å². The lowest BCUT2D eigenvalue weighted by atomic mass is 10.2. The summed E-state index contributed by atoms with van der Waals surface area (Å²) in [7, 11) is 0. The molecule has 88 valence electrons. The zero-order valence-corrected chi connectivity index (χ0v) is 10.4. The Morgan fingerprint density at radius 3 is 2.94 bits per heavy atom. The largest absolute Gasteiger partial charge is 0.382 e. The van der Waals surface area contributed by atoms with E-state index >= 15 is 0 Å². The summed E-state index contributed by atoms with van der Waals surface area (Å²) in [6, 6.07) is 0. The molecule has 7 heteroatoms. The molecule has 1 aliphatic rings. The molecule has 0 aromatic carbocycles. The van der Waals surface area contributed by atoms with Crippen molar-refractivity contribution < 1.29 is 4.79 Å². The molecule has 4 N–H and O–H groups in total. The number of anilines is 2. The highest BCUT2D eigenvalue weighted by atomic mass is 32.2. The molecule has 2 rings (SSSR count). The maximum Gasteiger partial charge on any atom is 0.255 e. The van der Waals surface area contributed by atoms with Crippen LogP contribution in [0.3, 0.4) is 0 Å². The van der Waals surface area contributed by atoms with Crippen LogP contribution in [0.15, 0.2) is 0 Å². The lowest BCUT2D eigenvalue weighted by Crippen LogP contribution is -2.27. The van der Waals surface area contributed by atoms with E-state index in [-0.39, 0.29) is 5.82 Å². The van der Waals surface area contributed by atoms with Crippen LogP contribution in [-0.2, 0) is 0 Å². The highest BCUT2D eigenvalue weighted by molar-refractivity contribution is 7.99. The van der Waals surface area contributed by atoms with Crippen molar-refractivity contribution >= 4 is 40.0 Å². The number of hydrogen-bond acceptors (Lipinski definition) is 6. The molecule has 0 atom stereocenters. The summed E-state index contributed by atoms with van der Waals surface area (Å²) in [5.41, 5.74) is 11.4. The minimum atomic E-state index is -0.488. The summed E-state index contributed by atoms with van der Waals surface area (Å²) in [6.45, 7) is 1.86. The maximum atomic E-state index is 11.3. The van der Waals surface area contributed by atoms with Gasteiger partial charge in [-0.05, 0) is 23.7 Å². The second-order valence-corrected chi connectivity index (χ2v) is 5.54. The number of nitrogens with two attached hydrogens (primary N) is 2. The molecular weight excluding hydrogens is 244 g/mol. The molecule has 0 aliphatic carbocycles. The molecule has 0 bridgehead atoms. The van der Waals surface area contributed by atoms with Gasteiger partial charge in [-0.1, -0.05) is 0 Å². The number of primary amides is 1. The average molecular weight is 258 g/mol. The first-order chi connectivity index (χ1) is 7.70. The Kier molecular flexibility index (Phi) is 3.55. The summed E-state index contributed by atoms with van der Waals surface area (Å²) < 4.78 is 4.01. The molecule has 0 unspecified atom stereocenters. The van der Waals surface area contributed by atoms with Crippen LogP contribution in [0.25, 0.3) is 0 Å². The first-order valence-electron chi connectivity index (χ1n) is 5.08. The van der Waals surface area contributed by atoms with Crippen molar-refractivity contribution in [3.63, 3.8) is 0 Å². The minimum absolute atomic E-state index is 0.254. The quantitative estimate of drug-likeness (QED) is 0.818. The predicted octanol–water partition coefficient (Wildman–Crippen LogP) is 0.768. The van der Waals surface area contributed by atoms with E-state index in [4.69, 9.17) is 11.5 Å². The maximum absolute atomic E-state index is 11.3. The fraction of sp³-hybridized carbons (Fsp3) is 0.556. The number of carbonyl (C=O) groups excluding carboxylic acids is 1. The Morgan fingerprint density at radius 1 is 1.38 bits per heavy atom.